The van der Waals surface area contributed by atoms with Gasteiger partial charge < -0.3 is 4.74 Å². The van der Waals surface area contributed by atoms with Crippen molar-refractivity contribution in [3.8, 4) is 0 Å². The normalized spacial score (nSPS) is 10.3. The maximum absolute atomic E-state index is 11.2. The van der Waals surface area contributed by atoms with E-state index in [-0.39, 0.29) is 0 Å². The molecule has 0 fully saturated rings. The summed E-state index contributed by atoms with van der Waals surface area (Å²) in [4.78, 5) is 19.0. The molecule has 0 bridgehead atoms. The van der Waals surface area contributed by atoms with Crippen LogP contribution in [0.5, 0.6) is 0 Å². The Morgan fingerprint density at radius 3 is 2.57 bits per heavy atom. The SMILES string of the molecule is COC(=O)c1n[nH]c2cnccc12.Ic1[nH]nc2cnccc12. The Morgan fingerprint density at radius 1 is 1.09 bits per heavy atom. The average molecular weight is 422 g/mol. The molecule has 0 saturated carbocycles. The number of nitrogens with one attached hydrogen (secondary N) is 2. The lowest BCUT2D eigenvalue weighted by molar-refractivity contribution is 0.0596. The van der Waals surface area contributed by atoms with Crippen LogP contribution in [0.1, 0.15) is 10.5 Å². The second-order valence-corrected chi connectivity index (χ2v) is 5.49. The van der Waals surface area contributed by atoms with Crippen molar-refractivity contribution in [3.63, 3.8) is 0 Å². The molecule has 4 aromatic heterocycles. The van der Waals surface area contributed by atoms with Crippen molar-refractivity contribution in [1.82, 2.24) is 30.4 Å². The molecule has 0 spiro atoms. The van der Waals surface area contributed by atoms with Gasteiger partial charge in [0.05, 0.1) is 25.0 Å². The summed E-state index contributed by atoms with van der Waals surface area (Å²) < 4.78 is 5.63. The van der Waals surface area contributed by atoms with Crippen molar-refractivity contribution in [2.24, 2.45) is 0 Å². The maximum Gasteiger partial charge on any atom is 0.359 e. The number of carbonyl (C=O) groups is 1. The highest BCUT2D eigenvalue weighted by atomic mass is 127. The molecule has 0 unspecified atom stereocenters. The van der Waals surface area contributed by atoms with Gasteiger partial charge in [0, 0.05) is 23.2 Å². The van der Waals surface area contributed by atoms with Gasteiger partial charge in [0.1, 0.15) is 9.22 Å². The second-order valence-electron chi connectivity index (χ2n) is 4.42. The third-order valence-electron chi connectivity index (χ3n) is 3.05. The van der Waals surface area contributed by atoms with Crippen LogP contribution >= 0.6 is 22.6 Å². The number of nitrogens with zero attached hydrogens (tertiary/aromatic N) is 4. The van der Waals surface area contributed by atoms with Gasteiger partial charge in [-0.1, -0.05) is 0 Å². The number of aromatic nitrogens is 6. The number of rotatable bonds is 1. The Hall–Kier alpha value is -2.56. The molecule has 0 aliphatic rings. The molecule has 4 heterocycles. The molecule has 0 amide bonds. The highest BCUT2D eigenvalue weighted by Crippen LogP contribution is 2.15. The molecule has 8 nitrogen and oxygen atoms in total. The zero-order chi connectivity index (χ0) is 16.2. The summed E-state index contributed by atoms with van der Waals surface area (Å²) >= 11 is 2.21. The summed E-state index contributed by atoms with van der Waals surface area (Å²) in [5.41, 5.74) is 1.94. The van der Waals surface area contributed by atoms with Crippen molar-refractivity contribution < 1.29 is 9.53 Å². The lowest BCUT2D eigenvalue weighted by Gasteiger charge is -1.92. The van der Waals surface area contributed by atoms with Crippen molar-refractivity contribution in [3.05, 3.63) is 46.3 Å². The van der Waals surface area contributed by atoms with Gasteiger partial charge in [0.15, 0.2) is 5.69 Å². The van der Waals surface area contributed by atoms with Gasteiger partial charge in [-0.25, -0.2) is 4.79 Å². The highest BCUT2D eigenvalue weighted by Gasteiger charge is 2.13. The van der Waals surface area contributed by atoms with Gasteiger partial charge in [-0.3, -0.25) is 20.2 Å². The van der Waals surface area contributed by atoms with E-state index in [2.05, 4.69) is 57.7 Å². The molecule has 4 aromatic rings. The first-order chi connectivity index (χ1) is 11.2. The second kappa shape index (κ2) is 6.69. The number of carbonyl (C=O) groups excluding carboxylic acids is 1. The van der Waals surface area contributed by atoms with Crippen molar-refractivity contribution in [1.29, 1.82) is 0 Å². The van der Waals surface area contributed by atoms with Crippen LogP contribution < -0.4 is 0 Å². The molecule has 0 radical (unpaired) electrons. The molecule has 9 heteroatoms. The van der Waals surface area contributed by atoms with Gasteiger partial charge in [-0.15, -0.1) is 0 Å². The van der Waals surface area contributed by atoms with E-state index in [1.54, 1.807) is 30.9 Å². The van der Waals surface area contributed by atoms with E-state index in [0.717, 1.165) is 25.5 Å². The van der Waals surface area contributed by atoms with Crippen LogP contribution in [-0.4, -0.2) is 43.4 Å². The van der Waals surface area contributed by atoms with Crippen molar-refractivity contribution in [2.45, 2.75) is 0 Å². The summed E-state index contributed by atoms with van der Waals surface area (Å²) in [6, 6.07) is 3.66. The fourth-order valence-corrected chi connectivity index (χ4v) is 2.53. The highest BCUT2D eigenvalue weighted by molar-refractivity contribution is 14.1. The molecule has 116 valence electrons. The largest absolute Gasteiger partial charge is 0.464 e. The third-order valence-corrected chi connectivity index (χ3v) is 3.88. The lowest BCUT2D eigenvalue weighted by Crippen LogP contribution is -2.01. The number of methoxy groups -OCH3 is 1. The van der Waals surface area contributed by atoms with Gasteiger partial charge in [-0.05, 0) is 34.7 Å². The van der Waals surface area contributed by atoms with Crippen LogP contribution in [0.15, 0.2) is 36.9 Å². The number of aromatic amines is 2. The Balaban J connectivity index is 0.000000140. The van der Waals surface area contributed by atoms with E-state index < -0.39 is 5.97 Å². The average Bonchev–Trinajstić information content (AvgIpc) is 3.19. The Bertz CT molecular complexity index is 964. The lowest BCUT2D eigenvalue weighted by atomic mass is 10.2. The Labute approximate surface area is 143 Å². The van der Waals surface area contributed by atoms with Crippen LogP contribution in [0.25, 0.3) is 21.8 Å². The van der Waals surface area contributed by atoms with Crippen LogP contribution in [0.2, 0.25) is 0 Å². The number of hydrogen-bond donors (Lipinski definition) is 2. The summed E-state index contributed by atoms with van der Waals surface area (Å²) in [7, 11) is 1.32. The summed E-state index contributed by atoms with van der Waals surface area (Å²) in [5.74, 6) is -0.447. The molecule has 0 atom stereocenters. The maximum atomic E-state index is 11.2. The summed E-state index contributed by atoms with van der Waals surface area (Å²) in [6.45, 7) is 0. The van der Waals surface area contributed by atoms with Crippen molar-refractivity contribution >= 4 is 50.4 Å². The number of fused-ring (bicyclic) bond motifs is 2. The number of esters is 1. The van der Waals surface area contributed by atoms with Gasteiger partial charge in [0.25, 0.3) is 0 Å². The predicted octanol–water partition coefficient (Wildman–Crippen LogP) is 2.31. The molecule has 2 N–H and O–H groups in total. The first-order valence-corrected chi connectivity index (χ1v) is 7.58. The van der Waals surface area contributed by atoms with E-state index in [4.69, 9.17) is 0 Å². The quantitative estimate of drug-likeness (QED) is 0.360. The van der Waals surface area contributed by atoms with E-state index >= 15 is 0 Å². The van der Waals surface area contributed by atoms with Crippen LogP contribution in [-0.2, 0) is 4.74 Å². The number of hydrogen-bond acceptors (Lipinski definition) is 6. The minimum absolute atomic E-state index is 0.292. The molecular weight excluding hydrogens is 411 g/mol. The minimum atomic E-state index is -0.447. The number of H-pyrrole nitrogens is 2. The van der Waals surface area contributed by atoms with E-state index in [9.17, 15) is 4.79 Å². The van der Waals surface area contributed by atoms with E-state index in [0.29, 0.717) is 5.69 Å². The monoisotopic (exact) mass is 422 g/mol. The number of ether oxygens (including phenoxy) is 1. The molecule has 0 aliphatic carbocycles. The van der Waals surface area contributed by atoms with E-state index in [1.807, 2.05) is 6.07 Å². The Morgan fingerprint density at radius 2 is 1.83 bits per heavy atom. The molecular formula is C14H11IN6O2. The summed E-state index contributed by atoms with van der Waals surface area (Å²) in [6.07, 6.45) is 6.72. The number of pyridine rings is 2. The zero-order valence-corrected chi connectivity index (χ0v) is 14.1. The van der Waals surface area contributed by atoms with Gasteiger partial charge in [0.2, 0.25) is 0 Å². The van der Waals surface area contributed by atoms with Crippen molar-refractivity contribution in [2.75, 3.05) is 7.11 Å². The zero-order valence-electron chi connectivity index (χ0n) is 11.9. The fraction of sp³-hybridized carbons (Fsp3) is 0.0714. The molecule has 0 aliphatic heterocycles. The Kier molecular flexibility index (Phi) is 4.46. The molecule has 4 rings (SSSR count). The minimum Gasteiger partial charge on any atom is -0.464 e. The van der Waals surface area contributed by atoms with Gasteiger partial charge >= 0.3 is 5.97 Å². The van der Waals surface area contributed by atoms with Crippen LogP contribution in [0.3, 0.4) is 0 Å². The first kappa shape index (κ1) is 15.3. The van der Waals surface area contributed by atoms with Gasteiger partial charge in [-0.2, -0.15) is 10.2 Å². The number of halogens is 1. The predicted molar refractivity (Wildman–Crippen MR) is 91.8 cm³/mol. The summed E-state index contributed by atoms with van der Waals surface area (Å²) in [5, 5.41) is 15.3. The van der Waals surface area contributed by atoms with Crippen LogP contribution in [0, 0.1) is 3.70 Å². The molecule has 23 heavy (non-hydrogen) atoms. The standard InChI is InChI=1S/C8H7N3O2.C6H4IN3/c1-13-8(12)7-5-2-3-9-4-6(5)10-11-7;7-6-4-1-2-8-3-5(4)9-10-6/h2-4H,1H3,(H,10,11);1-3H,(H,9,10). The smallest absolute Gasteiger partial charge is 0.359 e. The first-order valence-electron chi connectivity index (χ1n) is 6.50. The molecule has 0 saturated heterocycles. The van der Waals surface area contributed by atoms with E-state index in [1.165, 1.54) is 7.11 Å². The fourth-order valence-electron chi connectivity index (χ4n) is 1.95. The molecule has 0 aromatic carbocycles. The topological polar surface area (TPSA) is 109 Å². The van der Waals surface area contributed by atoms with Crippen LogP contribution in [0.4, 0.5) is 0 Å². The third kappa shape index (κ3) is 3.13.